The van der Waals surface area contributed by atoms with Gasteiger partial charge in [0.25, 0.3) is 0 Å². The van der Waals surface area contributed by atoms with Crippen LogP contribution in [0.1, 0.15) is 108 Å². The van der Waals surface area contributed by atoms with Crippen molar-refractivity contribution in [3.63, 3.8) is 0 Å². The highest BCUT2D eigenvalue weighted by molar-refractivity contribution is 5.80. The maximum atomic E-state index is 13.3. The highest BCUT2D eigenvalue weighted by Crippen LogP contribution is 2.31. The third kappa shape index (κ3) is 10.2. The fourth-order valence-corrected chi connectivity index (χ4v) is 8.55. The molecule has 0 fully saturated rings. The van der Waals surface area contributed by atoms with Gasteiger partial charge >= 0.3 is 11.4 Å². The number of unbranched alkanes of at least 4 members (excludes halogenated alkanes) is 2. The maximum absolute atomic E-state index is 13.3. The summed E-state index contributed by atoms with van der Waals surface area (Å²) in [6.45, 7) is 18.5. The molecule has 2 N–H and O–H groups in total. The van der Waals surface area contributed by atoms with Gasteiger partial charge in [-0.1, -0.05) is 107 Å². The van der Waals surface area contributed by atoms with Gasteiger partial charge in [0.15, 0.2) is 0 Å². The Balaban J connectivity index is 0.000000194. The SMILES string of the molecule is CCCCCn1c(C)c(CCC)n(Cc2ccc(-c3ccccc3-c3nn[nH]n3)cn2)c1=O.CCCc1c(C)n(C(C)(C)C)c(=O)n1Cc1ccc(-c2ccccc2-c2nn[nH]n2)cn1. The Bertz CT molecular complexity index is 2900. The lowest BCUT2D eigenvalue weighted by Gasteiger charge is -2.21. The number of imidazole rings is 2. The minimum atomic E-state index is -0.273. The van der Waals surface area contributed by atoms with Gasteiger partial charge in [-0.3, -0.25) is 28.2 Å². The molecule has 0 aliphatic rings. The minimum Gasteiger partial charge on any atom is -0.296 e. The fourth-order valence-electron chi connectivity index (χ4n) is 8.55. The van der Waals surface area contributed by atoms with Crippen LogP contribution in [0.5, 0.6) is 0 Å². The molecular weight excluding hydrogens is 817 g/mol. The van der Waals surface area contributed by atoms with Gasteiger partial charge in [-0.25, -0.2) is 9.59 Å². The summed E-state index contributed by atoms with van der Waals surface area (Å²) in [5.74, 6) is 1.09. The van der Waals surface area contributed by atoms with Crippen LogP contribution in [-0.4, -0.2) is 69.5 Å². The molecule has 0 amide bonds. The van der Waals surface area contributed by atoms with Gasteiger partial charge < -0.3 is 0 Å². The summed E-state index contributed by atoms with van der Waals surface area (Å²) in [5.41, 5.74) is 11.5. The van der Waals surface area contributed by atoms with E-state index in [1.165, 1.54) is 0 Å². The lowest BCUT2D eigenvalue weighted by molar-refractivity contribution is 0.373. The van der Waals surface area contributed by atoms with Gasteiger partial charge in [0.05, 0.1) is 24.5 Å². The number of aromatic nitrogens is 14. The second-order valence-electron chi connectivity index (χ2n) is 17.3. The molecule has 2 aromatic carbocycles. The van der Waals surface area contributed by atoms with Crippen LogP contribution >= 0.6 is 0 Å². The molecule has 338 valence electrons. The molecule has 8 aromatic rings. The lowest BCUT2D eigenvalue weighted by Crippen LogP contribution is -2.35. The van der Waals surface area contributed by atoms with Crippen LogP contribution in [0.2, 0.25) is 0 Å². The topological polar surface area (TPSA) is 189 Å². The van der Waals surface area contributed by atoms with Crippen molar-refractivity contribution in [2.45, 2.75) is 126 Å². The molecule has 0 atom stereocenters. The summed E-state index contributed by atoms with van der Waals surface area (Å²) in [7, 11) is 0. The van der Waals surface area contributed by atoms with Crippen LogP contribution < -0.4 is 11.4 Å². The third-order valence-corrected chi connectivity index (χ3v) is 11.7. The number of tetrazole rings is 2. The summed E-state index contributed by atoms with van der Waals surface area (Å²) in [4.78, 5) is 35.9. The molecule has 8 rings (SSSR count). The Kier molecular flexibility index (Phi) is 14.6. The Hall–Kier alpha value is -7.10. The van der Waals surface area contributed by atoms with Crippen molar-refractivity contribution in [1.82, 2.24) is 69.5 Å². The molecule has 16 nitrogen and oxygen atoms in total. The predicted molar refractivity (Wildman–Crippen MR) is 253 cm³/mol. The number of nitrogens with zero attached hydrogens (tertiary/aromatic N) is 12. The molecule has 65 heavy (non-hydrogen) atoms. The van der Waals surface area contributed by atoms with Crippen LogP contribution in [0.3, 0.4) is 0 Å². The lowest BCUT2D eigenvalue weighted by atomic mass is 10.0. The third-order valence-electron chi connectivity index (χ3n) is 11.7. The second kappa shape index (κ2) is 20.6. The van der Waals surface area contributed by atoms with E-state index in [0.717, 1.165) is 119 Å². The molecule has 0 unspecified atom stereocenters. The number of benzene rings is 2. The summed E-state index contributed by atoms with van der Waals surface area (Å²) in [6.07, 6.45) is 10.7. The summed E-state index contributed by atoms with van der Waals surface area (Å²) < 4.78 is 7.61. The molecular formula is C49H60N14O2. The number of pyridine rings is 2. The van der Waals surface area contributed by atoms with E-state index in [1.54, 1.807) is 0 Å². The average Bonchev–Trinajstić information content (AvgIpc) is 4.13. The number of rotatable bonds is 16. The first-order valence-electron chi connectivity index (χ1n) is 22.6. The minimum absolute atomic E-state index is 0.0202. The number of aromatic amines is 2. The average molecular weight is 877 g/mol. The van der Waals surface area contributed by atoms with E-state index < -0.39 is 0 Å². The molecule has 16 heteroatoms. The summed E-state index contributed by atoms with van der Waals surface area (Å²) in [5, 5.41) is 28.8. The molecule has 0 aliphatic carbocycles. The highest BCUT2D eigenvalue weighted by atomic mass is 16.2. The van der Waals surface area contributed by atoms with Crippen molar-refractivity contribution < 1.29 is 0 Å². The van der Waals surface area contributed by atoms with Crippen molar-refractivity contribution >= 4 is 0 Å². The number of hydrogen-bond donors (Lipinski definition) is 2. The smallest absolute Gasteiger partial charge is 0.296 e. The Morgan fingerprint density at radius 1 is 0.554 bits per heavy atom. The van der Waals surface area contributed by atoms with Crippen molar-refractivity contribution in [1.29, 1.82) is 0 Å². The zero-order valence-electron chi connectivity index (χ0n) is 38.8. The van der Waals surface area contributed by atoms with Gasteiger partial charge in [0.1, 0.15) is 0 Å². The second-order valence-corrected chi connectivity index (χ2v) is 17.3. The first kappa shape index (κ1) is 45.9. The monoisotopic (exact) mass is 877 g/mol. The normalized spacial score (nSPS) is 11.5. The molecule has 0 saturated carbocycles. The molecule has 0 radical (unpaired) electrons. The van der Waals surface area contributed by atoms with Gasteiger partial charge in [0, 0.05) is 69.5 Å². The van der Waals surface area contributed by atoms with Gasteiger partial charge in [0.2, 0.25) is 11.6 Å². The van der Waals surface area contributed by atoms with Crippen LogP contribution in [-0.2, 0) is 38.0 Å². The van der Waals surface area contributed by atoms with Crippen LogP contribution in [0.15, 0.2) is 94.8 Å². The molecule has 0 aliphatic heterocycles. The summed E-state index contributed by atoms with van der Waals surface area (Å²) >= 11 is 0. The van der Waals surface area contributed by atoms with Gasteiger partial charge in [-0.05, 0) is 87.6 Å². The first-order valence-corrected chi connectivity index (χ1v) is 22.6. The Morgan fingerprint density at radius 2 is 1.03 bits per heavy atom. The molecule has 0 bridgehead atoms. The number of nitrogens with one attached hydrogen (secondary N) is 2. The largest absolute Gasteiger partial charge is 0.329 e. The van der Waals surface area contributed by atoms with E-state index in [9.17, 15) is 9.59 Å². The molecule has 6 aromatic heterocycles. The van der Waals surface area contributed by atoms with E-state index in [4.69, 9.17) is 4.98 Å². The molecule has 0 saturated heterocycles. The van der Waals surface area contributed by atoms with Crippen molar-refractivity contribution in [3.8, 4) is 45.0 Å². The van der Waals surface area contributed by atoms with Crippen molar-refractivity contribution in [3.05, 3.63) is 140 Å². The zero-order valence-corrected chi connectivity index (χ0v) is 38.8. The Morgan fingerprint density at radius 3 is 1.45 bits per heavy atom. The highest BCUT2D eigenvalue weighted by Gasteiger charge is 2.25. The van der Waals surface area contributed by atoms with E-state index >= 15 is 0 Å². The predicted octanol–water partition coefficient (Wildman–Crippen LogP) is 8.35. The van der Waals surface area contributed by atoms with E-state index in [2.05, 4.69) is 94.7 Å². The van der Waals surface area contributed by atoms with Crippen LogP contribution in [0.4, 0.5) is 0 Å². The number of hydrogen-bond acceptors (Lipinski definition) is 10. The van der Waals surface area contributed by atoms with E-state index in [1.807, 2.05) is 110 Å². The molecule has 0 spiro atoms. The first-order chi connectivity index (χ1) is 31.4. The van der Waals surface area contributed by atoms with Crippen molar-refractivity contribution in [2.24, 2.45) is 0 Å². The Labute approximate surface area is 379 Å². The zero-order chi connectivity index (χ0) is 46.1. The number of H-pyrrole nitrogens is 2. The fraction of sp³-hybridized carbons (Fsp3) is 0.388. The molecule has 6 heterocycles. The van der Waals surface area contributed by atoms with Crippen molar-refractivity contribution in [2.75, 3.05) is 0 Å². The van der Waals surface area contributed by atoms with E-state index in [-0.39, 0.29) is 16.9 Å². The maximum Gasteiger partial charge on any atom is 0.329 e. The van der Waals surface area contributed by atoms with E-state index in [0.29, 0.717) is 24.7 Å². The van der Waals surface area contributed by atoms with Crippen LogP contribution in [0, 0.1) is 13.8 Å². The standard InChI is InChI=1S/C25H31N7O.C24H29N7O/c1-4-6-9-15-31-18(3)23(10-5-2)32(25(31)33)17-20-14-13-19(16-26-20)21-11-7-8-12-22(21)24-27-29-30-28-24;1-6-9-21-16(2)31(24(3,4)5)23(32)30(21)15-18-13-12-17(14-25-18)19-10-7-8-11-20(19)22-26-28-29-27-22/h7-8,11-14,16H,4-6,9-10,15,17H2,1-3H3,(H,27,28,29,30);7-8,10-14H,6,9,15H2,1-5H3,(H,26,27,28,29). The summed E-state index contributed by atoms with van der Waals surface area (Å²) in [6, 6.07) is 23.9. The van der Waals surface area contributed by atoms with Gasteiger partial charge in [-0.15, -0.1) is 20.4 Å². The quantitative estimate of drug-likeness (QED) is 0.0893. The van der Waals surface area contributed by atoms with Gasteiger partial charge in [-0.2, -0.15) is 10.4 Å². The van der Waals surface area contributed by atoms with Crippen LogP contribution in [0.25, 0.3) is 45.0 Å².